The maximum absolute atomic E-state index is 14.7. The highest BCUT2D eigenvalue weighted by molar-refractivity contribution is 9.10. The predicted octanol–water partition coefficient (Wildman–Crippen LogP) is 7.47. The van der Waals surface area contributed by atoms with Gasteiger partial charge in [0.25, 0.3) is 5.91 Å². The Labute approximate surface area is 564 Å². The molecule has 3 aliphatic rings. The first-order valence-electron chi connectivity index (χ1n) is 30.8. The zero-order chi connectivity index (χ0) is 68.9. The minimum Gasteiger partial charge on any atom is -0.495 e. The van der Waals surface area contributed by atoms with E-state index in [1.807, 2.05) is 26.8 Å². The van der Waals surface area contributed by atoms with Crippen molar-refractivity contribution in [2.24, 2.45) is 17.6 Å². The van der Waals surface area contributed by atoms with Crippen molar-refractivity contribution in [1.82, 2.24) is 31.2 Å². The van der Waals surface area contributed by atoms with Crippen molar-refractivity contribution >= 4 is 120 Å². The summed E-state index contributed by atoms with van der Waals surface area (Å²) in [5, 5.41) is 26.4. The molecule has 8 amide bonds. The first kappa shape index (κ1) is 75.3. The van der Waals surface area contributed by atoms with Crippen LogP contribution in [-0.4, -0.2) is 179 Å². The number of benzene rings is 2. The molecule has 0 saturated carbocycles. The Bertz CT molecular complexity index is 3310. The molecule has 2 fully saturated rings. The van der Waals surface area contributed by atoms with Crippen molar-refractivity contribution in [3.8, 4) is 5.75 Å². The van der Waals surface area contributed by atoms with Crippen LogP contribution in [0.4, 0.5) is 21.0 Å². The molecule has 25 nitrogen and oxygen atoms in total. The molecule has 93 heavy (non-hydrogen) atoms. The van der Waals surface area contributed by atoms with Crippen LogP contribution in [0.15, 0.2) is 66.4 Å². The topological polar surface area (TPSA) is 338 Å². The zero-order valence-electron chi connectivity index (χ0n) is 54.7. The van der Waals surface area contributed by atoms with Crippen LogP contribution < -0.4 is 42.0 Å². The van der Waals surface area contributed by atoms with Crippen LogP contribution in [0.3, 0.4) is 0 Å². The van der Waals surface area contributed by atoms with Gasteiger partial charge in [0.1, 0.15) is 58.4 Å². The number of amides is 8. The number of likely N-dealkylation sites (N-methyl/N-ethyl adjacent to an activating group) is 1. The number of alkyl halides is 2. The number of urea groups is 1. The SMILES string of the molecule is COc1cc2cc(c1Cl)N(C)C(=O)C[C@H](OC(=O)[C@H](C)N(C)C(=O)c1ccc(NC(=O)[C@H](CCCNC(N)=O)NC(=O)[C@@H](NC(=O)CCCCC(C)(C)OC(C=O)(CBr)CBr)C(C)C)c3ncccc13)[C@]1(C)O[C@H]1[C@H](C)[C@@H]1C[C@@](O)(NC(=O)O1)[C@H](OC)/C=C/C=C(\C)C2. The number of carbonyl (C=O) groups excluding carboxylic acids is 9. The van der Waals surface area contributed by atoms with E-state index in [9.17, 15) is 48.3 Å². The average molecular weight is 1450 g/mol. The number of hydrogen-bond donors (Lipinski definition) is 7. The van der Waals surface area contributed by atoms with Crippen molar-refractivity contribution in [2.45, 2.75) is 178 Å². The molecule has 0 radical (unpaired) electrons. The lowest BCUT2D eigenvalue weighted by Crippen LogP contribution is -2.63. The van der Waals surface area contributed by atoms with E-state index in [1.165, 1.54) is 58.5 Å². The Morgan fingerprint density at radius 2 is 1.75 bits per heavy atom. The van der Waals surface area contributed by atoms with Crippen molar-refractivity contribution < 1.29 is 76.7 Å². The Hall–Kier alpha value is -6.75. The number of epoxide rings is 1. The van der Waals surface area contributed by atoms with Crippen molar-refractivity contribution in [3.63, 3.8) is 0 Å². The third-order valence-electron chi connectivity index (χ3n) is 17.2. The zero-order valence-corrected chi connectivity index (χ0v) is 58.6. The Kier molecular flexibility index (Phi) is 26.4. The highest BCUT2D eigenvalue weighted by Gasteiger charge is 2.64. The number of nitrogens with one attached hydrogen (secondary N) is 5. The number of methoxy groups -OCH3 is 2. The number of primary amides is 1. The standard InChI is InChI=1S/C65H88Br2ClN9O16/c1-36(2)53(74-50(79)22-13-14-25-62(6,7)93-64(33-66,34-67)35-78)57(82)73-44(20-17-27-71-60(69)85)56(81)72-43-24-23-42(41-19-16-26-70-54(41)43)58(83)76(9)39(5)59(84)91-49-31-51(80)77(10)45-29-40(30-46(88-11)52(45)68)28-37(3)18-15-21-48(89-12)65(87)32-47(90-61(86)75-65)38(4)55-63(49,8)92-55/h15-16,18-19,21,23-24,26,29-30,35-36,38-39,44,47-49,53,55,87H,13-14,17,20,22,25,27-28,31-34H2,1-12H3,(H,72,81)(H,73,82)(H,74,79)(H,75,86)(H3,69,71,85)/b21-15+,37-18+/t38-,39+,44+,47+,48-,49+,53+,55+,63+,65+/m1/s1. The molecule has 3 aliphatic heterocycles. The lowest BCUT2D eigenvalue weighted by Gasteiger charge is -2.42. The maximum atomic E-state index is 14.7. The van der Waals surface area contributed by atoms with Crippen LogP contribution in [0.2, 0.25) is 5.02 Å². The van der Waals surface area contributed by atoms with E-state index in [4.69, 9.17) is 45.8 Å². The number of rotatable bonds is 26. The van der Waals surface area contributed by atoms with Crippen molar-refractivity contribution in [1.29, 1.82) is 0 Å². The second-order valence-corrected chi connectivity index (χ2v) is 26.7. The first-order valence-corrected chi connectivity index (χ1v) is 33.4. The Balaban J connectivity index is 1.21. The number of carbonyl (C=O) groups is 9. The fourth-order valence-electron chi connectivity index (χ4n) is 11.5. The number of hydrogen-bond acceptors (Lipinski definition) is 17. The van der Waals surface area contributed by atoms with Gasteiger partial charge in [0, 0.05) is 74.3 Å². The number of pyridine rings is 1. The molecule has 4 heterocycles. The van der Waals surface area contributed by atoms with E-state index in [2.05, 4.69) is 63.4 Å². The summed E-state index contributed by atoms with van der Waals surface area (Å²) in [6.07, 6.45) is 4.03. The molecule has 10 atom stereocenters. The van der Waals surface area contributed by atoms with E-state index >= 15 is 0 Å². The molecule has 0 unspecified atom stereocenters. The smallest absolute Gasteiger partial charge is 0.409 e. The van der Waals surface area contributed by atoms with Crippen LogP contribution in [0.1, 0.15) is 123 Å². The molecule has 0 spiro atoms. The lowest BCUT2D eigenvalue weighted by atomic mass is 9.83. The number of halogens is 3. The number of allylic oxidation sites excluding steroid dienone is 3. The molecule has 2 aromatic carbocycles. The van der Waals surface area contributed by atoms with Crippen LogP contribution in [0.25, 0.3) is 10.9 Å². The second-order valence-electron chi connectivity index (χ2n) is 25.2. The molecule has 1 aromatic heterocycles. The number of aromatic nitrogens is 1. The van der Waals surface area contributed by atoms with Gasteiger partial charge in [0.2, 0.25) is 23.6 Å². The quantitative estimate of drug-likeness (QED) is 0.0135. The van der Waals surface area contributed by atoms with Crippen molar-refractivity contribution in [3.05, 3.63) is 82.5 Å². The van der Waals surface area contributed by atoms with Gasteiger partial charge in [0.15, 0.2) is 12.0 Å². The number of anilines is 2. The monoisotopic (exact) mass is 1440 g/mol. The Morgan fingerprint density at radius 3 is 2.40 bits per heavy atom. The van der Waals surface area contributed by atoms with Gasteiger partial charge < -0.3 is 75.1 Å². The summed E-state index contributed by atoms with van der Waals surface area (Å²) in [7, 11) is 5.78. The van der Waals surface area contributed by atoms with E-state index in [-0.39, 0.29) is 65.3 Å². The van der Waals surface area contributed by atoms with E-state index in [0.717, 1.165) is 22.3 Å². The van der Waals surface area contributed by atoms with Crippen LogP contribution in [-0.2, 0) is 58.9 Å². The largest absolute Gasteiger partial charge is 0.495 e. The first-order chi connectivity index (χ1) is 43.8. The third kappa shape index (κ3) is 19.0. The van der Waals surface area contributed by atoms with Gasteiger partial charge in [0.05, 0.1) is 42.1 Å². The Morgan fingerprint density at radius 1 is 1.04 bits per heavy atom. The number of aldehydes is 1. The molecule has 28 heteroatoms. The number of unbranched alkanes of at least 4 members (excludes halogenated alkanes) is 1. The number of nitrogens with two attached hydrogens (primary N) is 1. The van der Waals surface area contributed by atoms with Gasteiger partial charge in [-0.2, -0.15) is 0 Å². The molecular formula is C65H88Br2ClN9O16. The molecule has 2 saturated heterocycles. The summed E-state index contributed by atoms with van der Waals surface area (Å²) < 4.78 is 35.9. The summed E-state index contributed by atoms with van der Waals surface area (Å²) in [6.45, 7) is 14.1. The third-order valence-corrected chi connectivity index (χ3v) is 19.4. The number of aliphatic hydroxyl groups is 1. The van der Waals surface area contributed by atoms with Gasteiger partial charge >= 0.3 is 18.1 Å². The van der Waals surface area contributed by atoms with Gasteiger partial charge in [-0.1, -0.05) is 101 Å². The molecule has 8 N–H and O–H groups in total. The summed E-state index contributed by atoms with van der Waals surface area (Å²) in [6, 6.07) is 5.24. The number of nitrogens with zero attached hydrogens (tertiary/aromatic N) is 3. The second kappa shape index (κ2) is 32.6. The summed E-state index contributed by atoms with van der Waals surface area (Å²) in [5.74, 6) is -4.58. The van der Waals surface area contributed by atoms with Gasteiger partial charge in [-0.05, 0) is 109 Å². The minimum absolute atomic E-state index is 0.0157. The molecular weight excluding hydrogens is 1360 g/mol. The van der Waals surface area contributed by atoms with Crippen LogP contribution >= 0.6 is 43.5 Å². The summed E-state index contributed by atoms with van der Waals surface area (Å²) in [5.41, 5.74) is 2.58. The van der Waals surface area contributed by atoms with E-state index in [0.29, 0.717) is 47.8 Å². The summed E-state index contributed by atoms with van der Waals surface area (Å²) >= 11 is 13.6. The average Bonchev–Trinajstić information content (AvgIpc) is 1.60. The van der Waals surface area contributed by atoms with E-state index in [1.54, 1.807) is 64.1 Å². The van der Waals surface area contributed by atoms with Crippen molar-refractivity contribution in [2.75, 3.05) is 55.7 Å². The minimum atomic E-state index is -1.93. The molecule has 510 valence electrons. The molecule has 3 aromatic rings. The number of ether oxygens (including phenoxy) is 6. The van der Waals surface area contributed by atoms with E-state index < -0.39 is 125 Å². The van der Waals surface area contributed by atoms with Gasteiger partial charge in [-0.25, -0.2) is 14.4 Å². The highest BCUT2D eigenvalue weighted by Crippen LogP contribution is 2.49. The normalized spacial score (nSPS) is 23.7. The van der Waals surface area contributed by atoms with Crippen LogP contribution in [0.5, 0.6) is 5.75 Å². The van der Waals surface area contributed by atoms with Crippen LogP contribution in [0, 0.1) is 11.8 Å². The fourth-order valence-corrected chi connectivity index (χ4v) is 13.2. The highest BCUT2D eigenvalue weighted by atomic mass is 79.9. The maximum Gasteiger partial charge on any atom is 0.409 e. The molecule has 6 rings (SSSR count). The number of alkyl carbamates (subject to hydrolysis) is 1. The number of fused-ring (bicyclic) bond motifs is 6. The molecule has 0 aliphatic carbocycles. The van der Waals surface area contributed by atoms with Gasteiger partial charge in [-0.3, -0.25) is 34.3 Å². The number of esters is 1. The predicted molar refractivity (Wildman–Crippen MR) is 356 cm³/mol. The van der Waals surface area contributed by atoms with Gasteiger partial charge in [-0.15, -0.1) is 0 Å². The lowest BCUT2D eigenvalue weighted by molar-refractivity contribution is -0.158. The fraction of sp³-hybridized carbons (Fsp3) is 0.569. The molecule has 4 bridgehead atoms. The summed E-state index contributed by atoms with van der Waals surface area (Å²) in [4.78, 5) is 129.